The van der Waals surface area contributed by atoms with Crippen molar-refractivity contribution in [1.29, 1.82) is 0 Å². The minimum atomic E-state index is 0.741. The number of hydrogen-bond acceptors (Lipinski definition) is 8. The van der Waals surface area contributed by atoms with Gasteiger partial charge in [0.25, 0.3) is 0 Å². The molecule has 0 saturated carbocycles. The van der Waals surface area contributed by atoms with E-state index < -0.39 is 0 Å². The highest BCUT2D eigenvalue weighted by Crippen LogP contribution is 2.29. The Labute approximate surface area is 273 Å². The monoisotopic (exact) mass is 618 g/mol. The molecule has 0 aromatic heterocycles. The first kappa shape index (κ1) is 32.7. The maximum absolute atomic E-state index is 5.80. The number of rotatable bonds is 14. The lowest BCUT2D eigenvalue weighted by Gasteiger charge is -2.37. The zero-order valence-electron chi connectivity index (χ0n) is 27.7. The molecule has 8 heteroatoms. The predicted molar refractivity (Wildman–Crippen MR) is 189 cm³/mol. The van der Waals surface area contributed by atoms with Gasteiger partial charge in [-0.05, 0) is 123 Å². The van der Waals surface area contributed by atoms with Crippen molar-refractivity contribution >= 4 is 34.1 Å². The van der Waals surface area contributed by atoms with E-state index in [0.29, 0.717) is 0 Å². The quantitative estimate of drug-likeness (QED) is 0.104. The van der Waals surface area contributed by atoms with Crippen LogP contribution >= 0.6 is 0 Å². The zero-order chi connectivity index (χ0) is 32.1. The predicted octanol–water partition coefficient (Wildman–Crippen LogP) is 10.8. The number of nitrogens with zero attached hydrogens (tertiary/aromatic N) is 6. The number of aryl methyl sites for hydroxylation is 2. The first-order valence-electron chi connectivity index (χ1n) is 16.5. The van der Waals surface area contributed by atoms with Gasteiger partial charge in [-0.1, -0.05) is 26.7 Å². The minimum Gasteiger partial charge on any atom is -0.494 e. The van der Waals surface area contributed by atoms with Crippen LogP contribution in [0, 0.1) is 13.8 Å². The Bertz CT molecular complexity index is 1470. The fourth-order valence-corrected chi connectivity index (χ4v) is 5.23. The molecule has 1 fully saturated rings. The van der Waals surface area contributed by atoms with Gasteiger partial charge in [-0.25, -0.2) is 0 Å². The Balaban J connectivity index is 1.10. The molecule has 0 aliphatic carbocycles. The van der Waals surface area contributed by atoms with Crippen LogP contribution in [0.3, 0.4) is 0 Å². The Hall–Kier alpha value is -4.72. The van der Waals surface area contributed by atoms with Crippen molar-refractivity contribution in [1.82, 2.24) is 0 Å². The molecule has 0 radical (unpaired) electrons. The summed E-state index contributed by atoms with van der Waals surface area (Å²) in [5, 5.41) is 17.9. The van der Waals surface area contributed by atoms with Crippen molar-refractivity contribution in [2.24, 2.45) is 20.5 Å². The summed E-state index contributed by atoms with van der Waals surface area (Å²) in [4.78, 5) is 4.84. The molecule has 46 heavy (non-hydrogen) atoms. The number of piperazine rings is 1. The lowest BCUT2D eigenvalue weighted by molar-refractivity contribution is 0.309. The van der Waals surface area contributed by atoms with E-state index in [2.05, 4.69) is 68.4 Å². The highest BCUT2D eigenvalue weighted by molar-refractivity contribution is 5.57. The molecule has 0 bridgehead atoms. The van der Waals surface area contributed by atoms with E-state index in [-0.39, 0.29) is 0 Å². The van der Waals surface area contributed by atoms with Crippen LogP contribution < -0.4 is 19.3 Å². The summed E-state index contributed by atoms with van der Waals surface area (Å²) in [6, 6.07) is 28.6. The average Bonchev–Trinajstić information content (AvgIpc) is 3.08. The molecule has 0 atom stereocenters. The molecule has 0 spiro atoms. The normalized spacial score (nSPS) is 13.6. The standard InChI is InChI=1S/C38H46N6O2/c1-5-7-25-45-35-17-19-37(29(3)27-35)41-39-31-9-13-33(14-10-31)43-21-23-44(24-22-43)34-15-11-32(12-16-34)40-42-38-20-18-36(28-30(38)4)46-26-8-6-2/h9-20,27-28H,5-8,21-26H2,1-4H3. The van der Waals surface area contributed by atoms with Crippen molar-refractivity contribution in [2.45, 2.75) is 53.4 Å². The minimum absolute atomic E-state index is 0.741. The lowest BCUT2D eigenvalue weighted by atomic mass is 10.2. The number of benzene rings is 4. The highest BCUT2D eigenvalue weighted by Gasteiger charge is 2.17. The van der Waals surface area contributed by atoms with Gasteiger partial charge in [0.15, 0.2) is 0 Å². The SMILES string of the molecule is CCCCOc1ccc(N=Nc2ccc(N3CCN(c4ccc(N=Nc5ccc(OCCCC)cc5C)cc4)CC3)cc2)c(C)c1. The second-order valence-electron chi connectivity index (χ2n) is 11.7. The molecule has 0 unspecified atom stereocenters. The third-order valence-electron chi connectivity index (χ3n) is 8.13. The third-order valence-corrected chi connectivity index (χ3v) is 8.13. The average molecular weight is 619 g/mol. The molecule has 240 valence electrons. The maximum atomic E-state index is 5.80. The largest absolute Gasteiger partial charge is 0.494 e. The molecule has 8 nitrogen and oxygen atoms in total. The van der Waals surface area contributed by atoms with Crippen LogP contribution in [0.1, 0.15) is 50.7 Å². The van der Waals surface area contributed by atoms with Crippen molar-refractivity contribution in [3.63, 3.8) is 0 Å². The third kappa shape index (κ3) is 9.16. The Morgan fingerprint density at radius 1 is 0.522 bits per heavy atom. The maximum Gasteiger partial charge on any atom is 0.119 e. The molecule has 0 N–H and O–H groups in total. The van der Waals surface area contributed by atoms with Gasteiger partial charge in [-0.2, -0.15) is 20.5 Å². The van der Waals surface area contributed by atoms with Gasteiger partial charge in [0, 0.05) is 37.6 Å². The fourth-order valence-electron chi connectivity index (χ4n) is 5.23. The van der Waals surface area contributed by atoms with E-state index in [1.807, 2.05) is 74.5 Å². The van der Waals surface area contributed by atoms with Crippen molar-refractivity contribution in [3.05, 3.63) is 96.1 Å². The smallest absolute Gasteiger partial charge is 0.119 e. The second kappa shape index (κ2) is 16.5. The van der Waals surface area contributed by atoms with Gasteiger partial charge < -0.3 is 19.3 Å². The molecule has 1 aliphatic rings. The van der Waals surface area contributed by atoms with Crippen molar-refractivity contribution in [2.75, 3.05) is 49.2 Å². The summed E-state index contributed by atoms with van der Waals surface area (Å²) < 4.78 is 11.6. The molecule has 4 aromatic rings. The topological polar surface area (TPSA) is 74.4 Å². The van der Waals surface area contributed by atoms with E-state index in [4.69, 9.17) is 9.47 Å². The van der Waals surface area contributed by atoms with E-state index in [0.717, 1.165) is 110 Å². The zero-order valence-corrected chi connectivity index (χ0v) is 27.7. The van der Waals surface area contributed by atoms with Crippen molar-refractivity contribution in [3.8, 4) is 11.5 Å². The van der Waals surface area contributed by atoms with Gasteiger partial charge in [0.2, 0.25) is 0 Å². The fraction of sp³-hybridized carbons (Fsp3) is 0.368. The van der Waals surface area contributed by atoms with Crippen molar-refractivity contribution < 1.29 is 9.47 Å². The summed E-state index contributed by atoms with van der Waals surface area (Å²) in [5.74, 6) is 1.77. The summed E-state index contributed by atoms with van der Waals surface area (Å²) in [7, 11) is 0. The summed E-state index contributed by atoms with van der Waals surface area (Å²) in [5.41, 5.74) is 7.90. The van der Waals surface area contributed by atoms with Gasteiger partial charge in [0.05, 0.1) is 36.0 Å². The molecule has 1 aliphatic heterocycles. The van der Waals surface area contributed by atoms with Crippen LogP contribution in [-0.4, -0.2) is 39.4 Å². The van der Waals surface area contributed by atoms with Gasteiger partial charge >= 0.3 is 0 Å². The summed E-state index contributed by atoms with van der Waals surface area (Å²) >= 11 is 0. The Morgan fingerprint density at radius 3 is 1.26 bits per heavy atom. The number of azo groups is 2. The van der Waals surface area contributed by atoms with Crippen LogP contribution in [0.25, 0.3) is 0 Å². The highest BCUT2D eigenvalue weighted by atomic mass is 16.5. The molecule has 1 heterocycles. The number of anilines is 2. The Kier molecular flexibility index (Phi) is 11.8. The number of hydrogen-bond donors (Lipinski definition) is 0. The van der Waals surface area contributed by atoms with Gasteiger partial charge in [-0.3, -0.25) is 0 Å². The first-order chi connectivity index (χ1) is 22.5. The molecule has 4 aromatic carbocycles. The van der Waals surface area contributed by atoms with Crippen LogP contribution in [-0.2, 0) is 0 Å². The molecule has 0 amide bonds. The van der Waals surface area contributed by atoms with E-state index in [9.17, 15) is 0 Å². The molecule has 5 rings (SSSR count). The molecule has 1 saturated heterocycles. The van der Waals surface area contributed by atoms with E-state index in [1.165, 1.54) is 11.4 Å². The molecular formula is C38H46N6O2. The molecular weight excluding hydrogens is 572 g/mol. The van der Waals surface area contributed by atoms with Crippen LogP contribution in [0.5, 0.6) is 11.5 Å². The van der Waals surface area contributed by atoms with E-state index >= 15 is 0 Å². The second-order valence-corrected chi connectivity index (χ2v) is 11.7. The summed E-state index contributed by atoms with van der Waals surface area (Å²) in [6.07, 6.45) is 4.36. The number of ether oxygens (including phenoxy) is 2. The summed E-state index contributed by atoms with van der Waals surface area (Å²) in [6.45, 7) is 13.7. The lowest BCUT2D eigenvalue weighted by Crippen LogP contribution is -2.46. The van der Waals surface area contributed by atoms with Crippen LogP contribution in [0.2, 0.25) is 0 Å². The van der Waals surface area contributed by atoms with E-state index in [1.54, 1.807) is 0 Å². The van der Waals surface area contributed by atoms with Gasteiger partial charge in [0.1, 0.15) is 11.5 Å². The van der Waals surface area contributed by atoms with Crippen LogP contribution in [0.4, 0.5) is 34.1 Å². The Morgan fingerprint density at radius 2 is 0.913 bits per heavy atom. The number of unbranched alkanes of at least 4 members (excludes halogenated alkanes) is 2. The van der Waals surface area contributed by atoms with Gasteiger partial charge in [-0.15, -0.1) is 0 Å². The van der Waals surface area contributed by atoms with Crippen LogP contribution in [0.15, 0.2) is 105 Å². The first-order valence-corrected chi connectivity index (χ1v) is 16.5.